The van der Waals surface area contributed by atoms with Crippen LogP contribution >= 0.6 is 0 Å². The van der Waals surface area contributed by atoms with Gasteiger partial charge in [-0.25, -0.2) is 13.9 Å². The van der Waals surface area contributed by atoms with Gasteiger partial charge in [0.25, 0.3) is 0 Å². The van der Waals surface area contributed by atoms with Gasteiger partial charge in [0, 0.05) is 18.2 Å². The summed E-state index contributed by atoms with van der Waals surface area (Å²) in [6.07, 6.45) is 4.19. The van der Waals surface area contributed by atoms with E-state index in [1.165, 1.54) is 12.1 Å². The van der Waals surface area contributed by atoms with E-state index in [1.54, 1.807) is 29.0 Å². The van der Waals surface area contributed by atoms with Gasteiger partial charge in [0.05, 0.1) is 24.4 Å². The summed E-state index contributed by atoms with van der Waals surface area (Å²) in [5.74, 6) is 0.855. The Bertz CT molecular complexity index is 953. The zero-order chi connectivity index (χ0) is 17.4. The third kappa shape index (κ3) is 2.93. The Labute approximate surface area is 143 Å². The minimum absolute atomic E-state index is 0.0186. The molecule has 2 bridgehead atoms. The van der Waals surface area contributed by atoms with Crippen LogP contribution in [0.4, 0.5) is 10.2 Å². The molecule has 1 unspecified atom stereocenters. The number of aromatic nitrogens is 3. The molecule has 1 aromatic carbocycles. The molecule has 0 amide bonds. The Morgan fingerprint density at radius 3 is 3.12 bits per heavy atom. The first kappa shape index (κ1) is 15.6. The van der Waals surface area contributed by atoms with Crippen LogP contribution in [0.2, 0.25) is 0 Å². The van der Waals surface area contributed by atoms with E-state index in [0.29, 0.717) is 47.8 Å². The van der Waals surface area contributed by atoms with Gasteiger partial charge in [-0.15, -0.1) is 0 Å². The maximum absolute atomic E-state index is 13.7. The highest BCUT2D eigenvalue weighted by molar-refractivity contribution is 6.01. The molecule has 4 rings (SSSR count). The lowest BCUT2D eigenvalue weighted by Gasteiger charge is -2.19. The van der Waals surface area contributed by atoms with E-state index in [9.17, 15) is 9.18 Å². The zero-order valence-electron chi connectivity index (χ0n) is 13.7. The fourth-order valence-corrected chi connectivity index (χ4v) is 2.98. The van der Waals surface area contributed by atoms with E-state index in [0.717, 1.165) is 0 Å². The number of ether oxygens (including phenoxy) is 1. The number of anilines is 1. The third-order valence-corrected chi connectivity index (χ3v) is 4.28. The van der Waals surface area contributed by atoms with Crippen molar-refractivity contribution in [1.29, 1.82) is 0 Å². The van der Waals surface area contributed by atoms with Gasteiger partial charge in [-0.1, -0.05) is 0 Å². The second-order valence-electron chi connectivity index (χ2n) is 6.06. The number of carbonyl (C=O) groups is 1. The predicted molar refractivity (Wildman–Crippen MR) is 90.5 cm³/mol. The second kappa shape index (κ2) is 6.16. The first-order valence-electron chi connectivity index (χ1n) is 8.18. The average molecular weight is 340 g/mol. The fourth-order valence-electron chi connectivity index (χ4n) is 2.98. The Kier molecular flexibility index (Phi) is 3.83. The third-order valence-electron chi connectivity index (χ3n) is 4.28. The van der Waals surface area contributed by atoms with Crippen LogP contribution in [0, 0.1) is 5.82 Å². The summed E-state index contributed by atoms with van der Waals surface area (Å²) in [5.41, 5.74) is 1.72. The zero-order valence-corrected chi connectivity index (χ0v) is 13.7. The lowest BCUT2D eigenvalue weighted by atomic mass is 10.1. The summed E-state index contributed by atoms with van der Waals surface area (Å²) in [7, 11) is 0. The number of benzene rings is 1. The van der Waals surface area contributed by atoms with Gasteiger partial charge in [0.15, 0.2) is 11.4 Å². The SMILES string of the molecule is CC1Nc2ccn3ncc(c3n2)C(=O)CCCOc2ccc(F)cc21. The molecule has 0 spiro atoms. The number of halogens is 1. The summed E-state index contributed by atoms with van der Waals surface area (Å²) in [5, 5.41) is 7.42. The van der Waals surface area contributed by atoms with Crippen LogP contribution in [0.3, 0.4) is 0 Å². The van der Waals surface area contributed by atoms with Crippen molar-refractivity contribution in [3.8, 4) is 5.75 Å². The molecule has 0 saturated heterocycles. The molecule has 1 aliphatic heterocycles. The van der Waals surface area contributed by atoms with E-state index >= 15 is 0 Å². The number of hydrogen-bond donors (Lipinski definition) is 1. The molecule has 0 aliphatic carbocycles. The minimum atomic E-state index is -0.322. The van der Waals surface area contributed by atoms with Crippen molar-refractivity contribution in [2.45, 2.75) is 25.8 Å². The highest BCUT2D eigenvalue weighted by atomic mass is 19.1. The lowest BCUT2D eigenvalue weighted by Crippen LogP contribution is -2.11. The monoisotopic (exact) mass is 340 g/mol. The van der Waals surface area contributed by atoms with Crippen molar-refractivity contribution in [2.24, 2.45) is 0 Å². The average Bonchev–Trinajstić information content (AvgIpc) is 3.02. The highest BCUT2D eigenvalue weighted by Gasteiger charge is 2.18. The maximum atomic E-state index is 13.7. The lowest BCUT2D eigenvalue weighted by molar-refractivity contribution is 0.0975. The topological polar surface area (TPSA) is 68.5 Å². The number of ketones is 1. The summed E-state index contributed by atoms with van der Waals surface area (Å²) < 4.78 is 21.1. The Morgan fingerprint density at radius 1 is 1.36 bits per heavy atom. The molecule has 25 heavy (non-hydrogen) atoms. The van der Waals surface area contributed by atoms with E-state index in [-0.39, 0.29) is 17.6 Å². The van der Waals surface area contributed by atoms with Crippen molar-refractivity contribution in [1.82, 2.24) is 14.6 Å². The standard InChI is InChI=1S/C18H17FN4O2/c1-11-13-9-12(19)4-5-16(13)25-8-2-3-15(24)14-10-20-23-7-6-17(21-11)22-18(14)23/h4-7,9-11H,2-3,8H2,1H3,(H,21,22). The quantitative estimate of drug-likeness (QED) is 0.679. The van der Waals surface area contributed by atoms with Gasteiger partial charge in [-0.2, -0.15) is 5.10 Å². The molecule has 1 aliphatic rings. The number of carbonyl (C=O) groups excluding carboxylic acids is 1. The molecule has 3 heterocycles. The molecule has 1 N–H and O–H groups in total. The molecule has 1 atom stereocenters. The normalized spacial score (nSPS) is 17.8. The molecule has 7 heteroatoms. The van der Waals surface area contributed by atoms with Gasteiger partial charge in [0.1, 0.15) is 17.4 Å². The van der Waals surface area contributed by atoms with Crippen LogP contribution in [-0.2, 0) is 0 Å². The molecular weight excluding hydrogens is 323 g/mol. The van der Waals surface area contributed by atoms with Gasteiger partial charge in [0.2, 0.25) is 0 Å². The number of Topliss-reactive ketones (excluding diaryl/α,β-unsaturated/α-hetero) is 1. The molecule has 3 aromatic rings. The van der Waals surface area contributed by atoms with Crippen LogP contribution < -0.4 is 10.1 Å². The first-order valence-corrected chi connectivity index (χ1v) is 8.18. The van der Waals surface area contributed by atoms with Gasteiger partial charge >= 0.3 is 0 Å². The van der Waals surface area contributed by atoms with Crippen molar-refractivity contribution < 1.29 is 13.9 Å². The Balaban J connectivity index is 1.80. The van der Waals surface area contributed by atoms with Crippen LogP contribution in [0.25, 0.3) is 5.65 Å². The summed E-state index contributed by atoms with van der Waals surface area (Å²) >= 11 is 0. The minimum Gasteiger partial charge on any atom is -0.493 e. The molecule has 0 saturated carbocycles. The highest BCUT2D eigenvalue weighted by Crippen LogP contribution is 2.29. The van der Waals surface area contributed by atoms with E-state index in [2.05, 4.69) is 15.4 Å². The predicted octanol–water partition coefficient (Wildman–Crippen LogP) is 3.40. The van der Waals surface area contributed by atoms with Crippen molar-refractivity contribution in [2.75, 3.05) is 11.9 Å². The second-order valence-corrected chi connectivity index (χ2v) is 6.06. The fraction of sp³-hybridized carbons (Fsp3) is 0.278. The smallest absolute Gasteiger partial charge is 0.168 e. The first-order chi connectivity index (χ1) is 12.1. The molecule has 0 radical (unpaired) electrons. The van der Waals surface area contributed by atoms with Crippen LogP contribution in [0.1, 0.15) is 41.7 Å². The van der Waals surface area contributed by atoms with Gasteiger partial charge in [-0.05, 0) is 37.6 Å². The van der Waals surface area contributed by atoms with Crippen molar-refractivity contribution >= 4 is 17.2 Å². The largest absolute Gasteiger partial charge is 0.493 e. The summed E-state index contributed by atoms with van der Waals surface area (Å²) in [6.45, 7) is 2.29. The number of nitrogens with one attached hydrogen (secondary N) is 1. The van der Waals surface area contributed by atoms with E-state index in [4.69, 9.17) is 4.74 Å². The summed E-state index contributed by atoms with van der Waals surface area (Å²) in [4.78, 5) is 16.9. The Morgan fingerprint density at radius 2 is 2.24 bits per heavy atom. The number of rotatable bonds is 0. The van der Waals surface area contributed by atoms with Gasteiger partial charge in [-0.3, -0.25) is 4.79 Å². The van der Waals surface area contributed by atoms with Crippen molar-refractivity contribution in [3.63, 3.8) is 0 Å². The van der Waals surface area contributed by atoms with E-state index < -0.39 is 0 Å². The van der Waals surface area contributed by atoms with Crippen LogP contribution in [0.5, 0.6) is 5.75 Å². The molecular formula is C18H17FN4O2. The van der Waals surface area contributed by atoms with E-state index in [1.807, 2.05) is 6.92 Å². The van der Waals surface area contributed by atoms with Crippen LogP contribution in [0.15, 0.2) is 36.7 Å². The Hall–Kier alpha value is -2.96. The number of fused-ring (bicyclic) bond motifs is 2. The molecule has 128 valence electrons. The molecule has 2 aromatic heterocycles. The van der Waals surface area contributed by atoms with Gasteiger partial charge < -0.3 is 10.1 Å². The maximum Gasteiger partial charge on any atom is 0.168 e. The molecule has 0 fully saturated rings. The summed E-state index contributed by atoms with van der Waals surface area (Å²) in [6, 6.07) is 6.00. The van der Waals surface area contributed by atoms with Crippen LogP contribution in [-0.4, -0.2) is 27.0 Å². The number of hydrogen-bond acceptors (Lipinski definition) is 5. The number of nitrogens with zero attached hydrogens (tertiary/aromatic N) is 3. The van der Waals surface area contributed by atoms with Crippen molar-refractivity contribution in [3.05, 3.63) is 53.6 Å². The molecule has 6 nitrogen and oxygen atoms in total.